The first-order chi connectivity index (χ1) is 8.77. The number of aryl methyl sites for hydroxylation is 1. The van der Waals surface area contributed by atoms with Crippen molar-refractivity contribution < 1.29 is 18.6 Å². The van der Waals surface area contributed by atoms with Gasteiger partial charge >= 0.3 is 0 Å². The monoisotopic (exact) mass is 257 g/mol. The van der Waals surface area contributed by atoms with E-state index in [1.54, 1.807) is 7.11 Å². The van der Waals surface area contributed by atoms with E-state index in [2.05, 4.69) is 5.32 Å². The van der Waals surface area contributed by atoms with Crippen molar-refractivity contribution in [2.75, 3.05) is 40.6 Å². The van der Waals surface area contributed by atoms with E-state index in [0.29, 0.717) is 33.0 Å². The van der Waals surface area contributed by atoms with E-state index in [0.717, 1.165) is 18.1 Å². The predicted molar refractivity (Wildman–Crippen MR) is 68.6 cm³/mol. The van der Waals surface area contributed by atoms with Crippen LogP contribution in [-0.4, -0.2) is 40.6 Å². The molecule has 0 atom stereocenters. The smallest absolute Gasteiger partial charge is 0.130 e. The molecule has 104 valence electrons. The van der Waals surface area contributed by atoms with Gasteiger partial charge in [0.2, 0.25) is 0 Å². The van der Waals surface area contributed by atoms with Crippen LogP contribution in [0.25, 0.3) is 0 Å². The van der Waals surface area contributed by atoms with Crippen molar-refractivity contribution in [3.63, 3.8) is 0 Å². The average Bonchev–Trinajstić information content (AvgIpc) is 2.70. The van der Waals surface area contributed by atoms with Gasteiger partial charge < -0.3 is 23.9 Å². The summed E-state index contributed by atoms with van der Waals surface area (Å²) in [4.78, 5) is 0. The van der Waals surface area contributed by atoms with Gasteiger partial charge in [0, 0.05) is 19.2 Å². The second-order valence-electron chi connectivity index (χ2n) is 3.98. The summed E-state index contributed by atoms with van der Waals surface area (Å²) >= 11 is 0. The summed E-state index contributed by atoms with van der Waals surface area (Å²) in [6.07, 6.45) is 0. The van der Waals surface area contributed by atoms with Gasteiger partial charge in [-0.05, 0) is 20.0 Å². The van der Waals surface area contributed by atoms with Gasteiger partial charge in [0.05, 0.1) is 26.4 Å². The summed E-state index contributed by atoms with van der Waals surface area (Å²) < 4.78 is 21.2. The lowest BCUT2D eigenvalue weighted by Gasteiger charge is -2.03. The zero-order valence-corrected chi connectivity index (χ0v) is 11.5. The largest absolute Gasteiger partial charge is 0.464 e. The number of ether oxygens (including phenoxy) is 3. The summed E-state index contributed by atoms with van der Waals surface area (Å²) in [5, 5.41) is 3.10. The highest BCUT2D eigenvalue weighted by Gasteiger charge is 2.06. The molecule has 5 nitrogen and oxygen atoms in total. The van der Waals surface area contributed by atoms with Gasteiger partial charge in [-0.15, -0.1) is 0 Å². The van der Waals surface area contributed by atoms with E-state index >= 15 is 0 Å². The lowest BCUT2D eigenvalue weighted by atomic mass is 10.2. The van der Waals surface area contributed by atoms with Gasteiger partial charge in [-0.25, -0.2) is 0 Å². The van der Waals surface area contributed by atoms with Crippen LogP contribution < -0.4 is 5.32 Å². The van der Waals surface area contributed by atoms with E-state index < -0.39 is 0 Å². The summed E-state index contributed by atoms with van der Waals surface area (Å²) in [6, 6.07) is 2.03. The van der Waals surface area contributed by atoms with Gasteiger partial charge in [0.1, 0.15) is 18.1 Å². The highest BCUT2D eigenvalue weighted by Crippen LogP contribution is 2.15. The summed E-state index contributed by atoms with van der Waals surface area (Å²) in [6.45, 7) is 5.62. The minimum absolute atomic E-state index is 0.484. The Morgan fingerprint density at radius 3 is 2.61 bits per heavy atom. The molecule has 0 spiro atoms. The van der Waals surface area contributed by atoms with Crippen LogP contribution in [-0.2, 0) is 27.4 Å². The molecule has 1 heterocycles. The molecule has 0 bridgehead atoms. The molecule has 1 rings (SSSR count). The first-order valence-electron chi connectivity index (χ1n) is 6.15. The summed E-state index contributed by atoms with van der Waals surface area (Å²) in [5.41, 5.74) is 1.17. The van der Waals surface area contributed by atoms with Crippen molar-refractivity contribution >= 4 is 0 Å². The minimum Gasteiger partial charge on any atom is -0.464 e. The molecule has 0 saturated heterocycles. The third kappa shape index (κ3) is 5.64. The molecular weight excluding hydrogens is 234 g/mol. The Balaban J connectivity index is 2.13. The molecule has 5 heteroatoms. The van der Waals surface area contributed by atoms with Crippen molar-refractivity contribution in [2.24, 2.45) is 0 Å². The molecule has 0 aliphatic carbocycles. The molecule has 0 unspecified atom stereocenters. The molecule has 0 aliphatic rings. The first-order valence-corrected chi connectivity index (χ1v) is 6.15. The topological polar surface area (TPSA) is 52.9 Å². The van der Waals surface area contributed by atoms with Gasteiger partial charge in [-0.1, -0.05) is 0 Å². The molecule has 1 aromatic heterocycles. The van der Waals surface area contributed by atoms with E-state index in [1.807, 2.05) is 20.0 Å². The van der Waals surface area contributed by atoms with Crippen LogP contribution in [0.4, 0.5) is 0 Å². The SMILES string of the molecule is CNCc1cc(COCCOCCOC)oc1C. The fourth-order valence-corrected chi connectivity index (χ4v) is 1.56. The van der Waals surface area contributed by atoms with Gasteiger partial charge in [-0.3, -0.25) is 0 Å². The Hall–Kier alpha value is -0.880. The number of rotatable bonds is 10. The normalized spacial score (nSPS) is 11.1. The van der Waals surface area contributed by atoms with Crippen molar-refractivity contribution in [1.29, 1.82) is 0 Å². The zero-order chi connectivity index (χ0) is 13.2. The van der Waals surface area contributed by atoms with Gasteiger partial charge in [-0.2, -0.15) is 0 Å². The average molecular weight is 257 g/mol. The van der Waals surface area contributed by atoms with Crippen molar-refractivity contribution in [3.05, 3.63) is 23.2 Å². The Labute approximate surface area is 108 Å². The Morgan fingerprint density at radius 2 is 1.89 bits per heavy atom. The number of hydrogen-bond donors (Lipinski definition) is 1. The number of nitrogens with one attached hydrogen (secondary N) is 1. The van der Waals surface area contributed by atoms with E-state index in [9.17, 15) is 0 Å². The zero-order valence-electron chi connectivity index (χ0n) is 11.5. The Bertz CT molecular complexity index is 325. The second-order valence-corrected chi connectivity index (χ2v) is 3.98. The van der Waals surface area contributed by atoms with Crippen LogP contribution in [0, 0.1) is 6.92 Å². The first kappa shape index (κ1) is 15.2. The molecular formula is C13H23NO4. The van der Waals surface area contributed by atoms with E-state index in [-0.39, 0.29) is 0 Å². The van der Waals surface area contributed by atoms with Gasteiger partial charge in [0.25, 0.3) is 0 Å². The quantitative estimate of drug-likeness (QED) is 0.644. The molecule has 0 aliphatic heterocycles. The van der Waals surface area contributed by atoms with E-state index in [4.69, 9.17) is 18.6 Å². The molecule has 18 heavy (non-hydrogen) atoms. The maximum atomic E-state index is 5.59. The van der Waals surface area contributed by atoms with Gasteiger partial charge in [0.15, 0.2) is 0 Å². The molecule has 0 saturated carbocycles. The molecule has 0 radical (unpaired) electrons. The number of hydrogen-bond acceptors (Lipinski definition) is 5. The summed E-state index contributed by atoms with van der Waals surface area (Å²) in [5.74, 6) is 1.80. The predicted octanol–water partition coefficient (Wildman–Crippen LogP) is 1.49. The van der Waals surface area contributed by atoms with E-state index in [1.165, 1.54) is 5.56 Å². The van der Waals surface area contributed by atoms with Crippen LogP contribution >= 0.6 is 0 Å². The van der Waals surface area contributed by atoms with Crippen LogP contribution in [0.3, 0.4) is 0 Å². The third-order valence-electron chi connectivity index (χ3n) is 2.49. The number of furan rings is 1. The number of methoxy groups -OCH3 is 1. The van der Waals surface area contributed by atoms with Crippen LogP contribution in [0.5, 0.6) is 0 Å². The maximum absolute atomic E-state index is 5.59. The third-order valence-corrected chi connectivity index (χ3v) is 2.49. The fraction of sp³-hybridized carbons (Fsp3) is 0.692. The molecule has 0 fully saturated rings. The van der Waals surface area contributed by atoms with Crippen molar-refractivity contribution in [1.82, 2.24) is 5.32 Å². The maximum Gasteiger partial charge on any atom is 0.130 e. The molecule has 1 aromatic rings. The Morgan fingerprint density at radius 1 is 1.17 bits per heavy atom. The summed E-state index contributed by atoms with van der Waals surface area (Å²) in [7, 11) is 3.57. The second kappa shape index (κ2) is 9.10. The Kier molecular flexibility index (Phi) is 7.68. The highest BCUT2D eigenvalue weighted by atomic mass is 16.5. The molecule has 0 amide bonds. The fourth-order valence-electron chi connectivity index (χ4n) is 1.56. The lowest BCUT2D eigenvalue weighted by molar-refractivity contribution is 0.0160. The van der Waals surface area contributed by atoms with Crippen molar-refractivity contribution in [2.45, 2.75) is 20.1 Å². The molecule has 0 aromatic carbocycles. The van der Waals surface area contributed by atoms with Crippen LogP contribution in [0.2, 0.25) is 0 Å². The van der Waals surface area contributed by atoms with Crippen molar-refractivity contribution in [3.8, 4) is 0 Å². The van der Waals surface area contributed by atoms with Crippen LogP contribution in [0.15, 0.2) is 10.5 Å². The lowest BCUT2D eigenvalue weighted by Crippen LogP contribution is -2.08. The van der Waals surface area contributed by atoms with Crippen LogP contribution in [0.1, 0.15) is 17.1 Å². The highest BCUT2D eigenvalue weighted by molar-refractivity contribution is 5.20. The molecule has 1 N–H and O–H groups in total. The minimum atomic E-state index is 0.484. The standard InChI is InChI=1S/C13H23NO4/c1-11-12(9-14-2)8-13(18-11)10-17-7-6-16-5-4-15-3/h8,14H,4-7,9-10H2,1-3H3.